The van der Waals surface area contributed by atoms with E-state index in [2.05, 4.69) is 5.10 Å². The smallest absolute Gasteiger partial charge is 0.264 e. The summed E-state index contributed by atoms with van der Waals surface area (Å²) in [5.41, 5.74) is 0.345. The van der Waals surface area contributed by atoms with Crippen molar-refractivity contribution in [1.29, 1.82) is 0 Å². The van der Waals surface area contributed by atoms with E-state index in [4.69, 9.17) is 15.4 Å². The minimum atomic E-state index is -3.76. The summed E-state index contributed by atoms with van der Waals surface area (Å²) in [5, 5.41) is 4.01. The summed E-state index contributed by atoms with van der Waals surface area (Å²) in [7, 11) is 3.17. The van der Waals surface area contributed by atoms with Gasteiger partial charge in [-0.1, -0.05) is 6.92 Å². The third-order valence-corrected chi connectivity index (χ3v) is 3.57. The maximum absolute atomic E-state index is 11.2. The standard InChI is InChI=1S/C9H15ClN2O3S/c1-4-7(2)15-6-8-9(16(10,13)14)5-12(3)11-8/h5,7H,4,6H2,1-3H3/t7-/m1/s1. The molecule has 0 saturated heterocycles. The first-order chi connectivity index (χ1) is 7.34. The Hall–Kier alpha value is -0.590. The van der Waals surface area contributed by atoms with Crippen LogP contribution in [0.15, 0.2) is 11.1 Å². The van der Waals surface area contributed by atoms with Crippen LogP contribution in [0.1, 0.15) is 26.0 Å². The molecule has 0 aliphatic rings. The quantitative estimate of drug-likeness (QED) is 0.761. The van der Waals surface area contributed by atoms with E-state index < -0.39 is 9.05 Å². The first kappa shape index (κ1) is 13.5. The van der Waals surface area contributed by atoms with Crippen LogP contribution in [0.3, 0.4) is 0 Å². The minimum Gasteiger partial charge on any atom is -0.372 e. The van der Waals surface area contributed by atoms with Crippen molar-refractivity contribution < 1.29 is 13.2 Å². The Labute approximate surface area is 99.8 Å². The van der Waals surface area contributed by atoms with Gasteiger partial charge in [0, 0.05) is 23.9 Å². The highest BCUT2D eigenvalue weighted by Crippen LogP contribution is 2.19. The van der Waals surface area contributed by atoms with E-state index in [0.29, 0.717) is 5.69 Å². The van der Waals surface area contributed by atoms with E-state index in [1.807, 2.05) is 13.8 Å². The van der Waals surface area contributed by atoms with E-state index in [9.17, 15) is 8.42 Å². The van der Waals surface area contributed by atoms with Crippen LogP contribution in [0.5, 0.6) is 0 Å². The van der Waals surface area contributed by atoms with Crippen LogP contribution in [0.4, 0.5) is 0 Å². The molecule has 1 aromatic heterocycles. The van der Waals surface area contributed by atoms with Crippen molar-refractivity contribution in [3.8, 4) is 0 Å². The molecule has 0 unspecified atom stereocenters. The summed E-state index contributed by atoms with van der Waals surface area (Å²) in [4.78, 5) is 0.0139. The van der Waals surface area contributed by atoms with Crippen LogP contribution in [0.2, 0.25) is 0 Å². The number of rotatable bonds is 5. The van der Waals surface area contributed by atoms with Gasteiger partial charge in [-0.2, -0.15) is 5.10 Å². The predicted molar refractivity (Wildman–Crippen MR) is 60.8 cm³/mol. The van der Waals surface area contributed by atoms with E-state index in [1.54, 1.807) is 7.05 Å². The molecule has 1 atom stereocenters. The first-order valence-corrected chi connectivity index (χ1v) is 7.24. The lowest BCUT2D eigenvalue weighted by atomic mass is 10.3. The zero-order chi connectivity index (χ0) is 12.3. The van der Waals surface area contributed by atoms with Crippen LogP contribution in [-0.4, -0.2) is 24.3 Å². The Morgan fingerprint density at radius 3 is 2.75 bits per heavy atom. The summed E-state index contributed by atoms with van der Waals surface area (Å²) in [6, 6.07) is 0. The van der Waals surface area contributed by atoms with Gasteiger partial charge in [-0.05, 0) is 13.3 Å². The van der Waals surface area contributed by atoms with Crippen LogP contribution < -0.4 is 0 Å². The molecule has 0 fully saturated rings. The van der Waals surface area contributed by atoms with Gasteiger partial charge in [-0.25, -0.2) is 8.42 Å². The van der Waals surface area contributed by atoms with Crippen LogP contribution in [-0.2, 0) is 27.4 Å². The molecule has 0 saturated carbocycles. The fourth-order valence-corrected chi connectivity index (χ4v) is 2.20. The number of aromatic nitrogens is 2. The lowest BCUT2D eigenvalue weighted by molar-refractivity contribution is 0.0474. The molecule has 0 aliphatic heterocycles. The third kappa shape index (κ3) is 3.47. The molecule has 0 aromatic carbocycles. The highest BCUT2D eigenvalue weighted by molar-refractivity contribution is 8.13. The van der Waals surface area contributed by atoms with Crippen LogP contribution in [0.25, 0.3) is 0 Å². The van der Waals surface area contributed by atoms with Crippen molar-refractivity contribution in [3.05, 3.63) is 11.9 Å². The first-order valence-electron chi connectivity index (χ1n) is 4.93. The van der Waals surface area contributed by atoms with Gasteiger partial charge in [0.25, 0.3) is 9.05 Å². The molecule has 92 valence electrons. The summed E-state index contributed by atoms with van der Waals surface area (Å²) in [6.07, 6.45) is 2.29. The molecule has 1 aromatic rings. The molecule has 1 heterocycles. The van der Waals surface area contributed by atoms with Crippen molar-refractivity contribution in [3.63, 3.8) is 0 Å². The number of hydrogen-bond donors (Lipinski definition) is 0. The van der Waals surface area contributed by atoms with Crippen molar-refractivity contribution in [2.24, 2.45) is 7.05 Å². The molecule has 0 N–H and O–H groups in total. The lowest BCUT2D eigenvalue weighted by Gasteiger charge is -2.09. The van der Waals surface area contributed by atoms with Gasteiger partial charge in [0.15, 0.2) is 0 Å². The predicted octanol–water partition coefficient (Wildman–Crippen LogP) is 1.66. The van der Waals surface area contributed by atoms with Gasteiger partial charge in [0.2, 0.25) is 0 Å². The third-order valence-electron chi connectivity index (χ3n) is 2.21. The molecule has 16 heavy (non-hydrogen) atoms. The van der Waals surface area contributed by atoms with E-state index in [0.717, 1.165) is 6.42 Å². The number of ether oxygens (including phenoxy) is 1. The molecule has 0 bridgehead atoms. The molecule has 0 spiro atoms. The van der Waals surface area contributed by atoms with Gasteiger partial charge >= 0.3 is 0 Å². The molecular weight excluding hydrogens is 252 g/mol. The SMILES string of the molecule is CC[C@@H](C)OCc1nn(C)cc1S(=O)(=O)Cl. The second kappa shape index (κ2) is 5.16. The summed E-state index contributed by atoms with van der Waals surface area (Å²) in [5.74, 6) is 0. The van der Waals surface area contributed by atoms with Gasteiger partial charge in [0.05, 0.1) is 12.7 Å². The van der Waals surface area contributed by atoms with Crippen LogP contribution in [0, 0.1) is 0 Å². The maximum Gasteiger partial charge on any atom is 0.264 e. The maximum atomic E-state index is 11.2. The molecule has 7 heteroatoms. The van der Waals surface area contributed by atoms with E-state index in [1.165, 1.54) is 10.9 Å². The van der Waals surface area contributed by atoms with E-state index in [-0.39, 0.29) is 17.6 Å². The Morgan fingerprint density at radius 1 is 1.62 bits per heavy atom. The molecule has 5 nitrogen and oxygen atoms in total. The van der Waals surface area contributed by atoms with E-state index >= 15 is 0 Å². The zero-order valence-electron chi connectivity index (χ0n) is 9.47. The van der Waals surface area contributed by atoms with Crippen molar-refractivity contribution in [2.75, 3.05) is 0 Å². The minimum absolute atomic E-state index is 0.0139. The zero-order valence-corrected chi connectivity index (χ0v) is 11.0. The Balaban J connectivity index is 2.88. The molecule has 0 amide bonds. The average Bonchev–Trinajstić information content (AvgIpc) is 2.55. The molecular formula is C9H15ClN2O3S. The fourth-order valence-electron chi connectivity index (χ4n) is 1.16. The van der Waals surface area contributed by atoms with Gasteiger partial charge in [0.1, 0.15) is 10.6 Å². The highest BCUT2D eigenvalue weighted by atomic mass is 35.7. The van der Waals surface area contributed by atoms with Crippen molar-refractivity contribution in [1.82, 2.24) is 9.78 Å². The number of aryl methyl sites for hydroxylation is 1. The summed E-state index contributed by atoms with van der Waals surface area (Å²) < 4.78 is 29.3. The monoisotopic (exact) mass is 266 g/mol. The van der Waals surface area contributed by atoms with Gasteiger partial charge in [-0.15, -0.1) is 0 Å². The summed E-state index contributed by atoms with van der Waals surface area (Å²) >= 11 is 0. The molecule has 0 aliphatic carbocycles. The largest absolute Gasteiger partial charge is 0.372 e. The Morgan fingerprint density at radius 2 is 2.25 bits per heavy atom. The molecule has 0 radical (unpaired) electrons. The molecule has 1 rings (SSSR count). The normalized spacial score (nSPS) is 14.0. The second-order valence-corrected chi connectivity index (χ2v) is 6.12. The number of halogens is 1. The Bertz CT molecular complexity index is 455. The second-order valence-electron chi connectivity index (χ2n) is 3.58. The van der Waals surface area contributed by atoms with Crippen LogP contribution >= 0.6 is 10.7 Å². The topological polar surface area (TPSA) is 61.2 Å². The lowest BCUT2D eigenvalue weighted by Crippen LogP contribution is -2.08. The van der Waals surface area contributed by atoms with Gasteiger partial charge in [-0.3, -0.25) is 4.68 Å². The van der Waals surface area contributed by atoms with Gasteiger partial charge < -0.3 is 4.74 Å². The summed E-state index contributed by atoms with van der Waals surface area (Å²) in [6.45, 7) is 4.05. The highest BCUT2D eigenvalue weighted by Gasteiger charge is 2.20. The van der Waals surface area contributed by atoms with Crippen molar-refractivity contribution >= 4 is 19.7 Å². The number of hydrogen-bond acceptors (Lipinski definition) is 4. The number of nitrogens with zero attached hydrogens (tertiary/aromatic N) is 2. The van der Waals surface area contributed by atoms with Crippen molar-refractivity contribution in [2.45, 2.75) is 37.9 Å². The average molecular weight is 267 g/mol. The fraction of sp³-hybridized carbons (Fsp3) is 0.667. The Kier molecular flexibility index (Phi) is 4.35.